The number of allylic oxidation sites excluding steroid dienone is 1. The van der Waals surface area contributed by atoms with Crippen LogP contribution in [0.2, 0.25) is 0 Å². The minimum Gasteiger partial charge on any atom is -0.493 e. The first-order valence-corrected chi connectivity index (χ1v) is 14.0. The molecule has 2 fully saturated rings. The Morgan fingerprint density at radius 2 is 1.92 bits per heavy atom. The highest BCUT2D eigenvalue weighted by Gasteiger charge is 2.46. The summed E-state index contributed by atoms with van der Waals surface area (Å²) in [4.78, 5) is 12.7. The second-order valence-corrected chi connectivity index (χ2v) is 11.0. The van der Waals surface area contributed by atoms with Gasteiger partial charge in [-0.25, -0.2) is 9.48 Å². The van der Waals surface area contributed by atoms with Gasteiger partial charge in [0.2, 0.25) is 0 Å². The zero-order valence-corrected chi connectivity index (χ0v) is 22.9. The van der Waals surface area contributed by atoms with Crippen LogP contribution < -0.4 is 15.7 Å². The van der Waals surface area contributed by atoms with E-state index in [0.717, 1.165) is 52.5 Å². The first-order valence-electron chi connectivity index (χ1n) is 14.0. The van der Waals surface area contributed by atoms with Gasteiger partial charge in [-0.3, -0.25) is 5.01 Å². The van der Waals surface area contributed by atoms with Crippen molar-refractivity contribution in [1.29, 1.82) is 0 Å². The molecule has 3 aromatic rings. The van der Waals surface area contributed by atoms with Crippen molar-refractivity contribution in [1.82, 2.24) is 25.7 Å². The Balaban J connectivity index is 1.29. The minimum absolute atomic E-state index is 0.163. The summed E-state index contributed by atoms with van der Waals surface area (Å²) in [5.74, 6) is 1.69. The number of rotatable bonds is 8. The zero-order valence-electron chi connectivity index (χ0n) is 22.9. The van der Waals surface area contributed by atoms with E-state index in [4.69, 9.17) is 9.47 Å². The van der Waals surface area contributed by atoms with Gasteiger partial charge in [-0.05, 0) is 67.0 Å². The largest absolute Gasteiger partial charge is 0.493 e. The van der Waals surface area contributed by atoms with Crippen molar-refractivity contribution >= 4 is 5.97 Å². The molecule has 39 heavy (non-hydrogen) atoms. The van der Waals surface area contributed by atoms with Gasteiger partial charge in [-0.2, -0.15) is 5.10 Å². The van der Waals surface area contributed by atoms with Crippen molar-refractivity contribution in [3.63, 3.8) is 0 Å². The van der Waals surface area contributed by atoms with Crippen molar-refractivity contribution in [2.45, 2.75) is 51.4 Å². The summed E-state index contributed by atoms with van der Waals surface area (Å²) in [7, 11) is 3.37. The zero-order chi connectivity index (χ0) is 26.9. The molecule has 1 aliphatic heterocycles. The first kappa shape index (κ1) is 25.5. The van der Waals surface area contributed by atoms with Gasteiger partial charge in [0, 0.05) is 30.8 Å². The fourth-order valence-corrected chi connectivity index (χ4v) is 6.09. The quantitative estimate of drug-likeness (QED) is 0.375. The first-order chi connectivity index (χ1) is 19.0. The predicted octanol–water partition coefficient (Wildman–Crippen LogP) is 5.49. The molecule has 6 rings (SSSR count). The van der Waals surface area contributed by atoms with Gasteiger partial charge in [-0.15, -0.1) is 5.53 Å². The summed E-state index contributed by atoms with van der Waals surface area (Å²) in [6, 6.07) is 14.6. The van der Waals surface area contributed by atoms with Gasteiger partial charge in [0.15, 0.2) is 0 Å². The molecular formula is C31H37N5O3. The molecule has 1 aromatic heterocycles. The number of hydrazine groups is 2. The lowest BCUT2D eigenvalue weighted by atomic mass is 9.90. The molecule has 8 nitrogen and oxygen atoms in total. The Kier molecular flexibility index (Phi) is 7.04. The second-order valence-electron chi connectivity index (χ2n) is 11.0. The van der Waals surface area contributed by atoms with E-state index in [2.05, 4.69) is 59.5 Å². The average Bonchev–Trinajstić information content (AvgIpc) is 3.42. The van der Waals surface area contributed by atoms with Crippen LogP contribution in [-0.4, -0.2) is 41.5 Å². The number of carbonyl (C=O) groups excluding carboxylic acids is 1. The molecule has 2 atom stereocenters. The van der Waals surface area contributed by atoms with Crippen LogP contribution in [-0.2, 0) is 4.74 Å². The summed E-state index contributed by atoms with van der Waals surface area (Å²) in [6.45, 7) is 2.92. The molecular weight excluding hydrogens is 490 g/mol. The molecule has 0 spiro atoms. The van der Waals surface area contributed by atoms with E-state index in [1.54, 1.807) is 6.20 Å². The maximum absolute atomic E-state index is 12.7. The van der Waals surface area contributed by atoms with Crippen molar-refractivity contribution in [2.75, 3.05) is 20.8 Å². The van der Waals surface area contributed by atoms with Gasteiger partial charge >= 0.3 is 5.97 Å². The number of carbonyl (C=O) groups is 1. The van der Waals surface area contributed by atoms with Crippen molar-refractivity contribution in [2.24, 2.45) is 11.8 Å². The smallest absolute Gasteiger partial charge is 0.341 e. The summed E-state index contributed by atoms with van der Waals surface area (Å²) >= 11 is 0. The molecule has 0 amide bonds. The Morgan fingerprint density at radius 3 is 2.69 bits per heavy atom. The van der Waals surface area contributed by atoms with E-state index < -0.39 is 0 Å². The van der Waals surface area contributed by atoms with Crippen LogP contribution in [0.25, 0.3) is 16.8 Å². The molecule has 2 N–H and O–H groups in total. The van der Waals surface area contributed by atoms with Crippen LogP contribution >= 0.6 is 0 Å². The third-order valence-electron chi connectivity index (χ3n) is 8.35. The van der Waals surface area contributed by atoms with Gasteiger partial charge in [0.05, 0.1) is 31.3 Å². The number of nitrogens with zero attached hydrogens (tertiary/aromatic N) is 3. The molecule has 8 heteroatoms. The summed E-state index contributed by atoms with van der Waals surface area (Å²) in [6.07, 6.45) is 11.1. The van der Waals surface area contributed by atoms with Crippen LogP contribution in [0.1, 0.15) is 66.1 Å². The summed E-state index contributed by atoms with van der Waals surface area (Å²) in [5, 5.41) is 6.56. The van der Waals surface area contributed by atoms with Crippen molar-refractivity contribution in [3.8, 4) is 22.6 Å². The monoisotopic (exact) mass is 527 g/mol. The lowest BCUT2D eigenvalue weighted by Crippen LogP contribution is -2.33. The van der Waals surface area contributed by atoms with E-state index in [-0.39, 0.29) is 17.8 Å². The number of aromatic nitrogens is 2. The second kappa shape index (κ2) is 10.8. The fourth-order valence-electron chi connectivity index (χ4n) is 6.09. The molecule has 0 bridgehead atoms. The molecule has 2 saturated carbocycles. The number of hydrogen-bond acceptors (Lipinski definition) is 7. The minimum atomic E-state index is -0.361. The van der Waals surface area contributed by atoms with Crippen LogP contribution in [0.5, 0.6) is 5.75 Å². The molecule has 204 valence electrons. The molecule has 2 heterocycles. The number of nitrogens with one attached hydrogen (secondary N) is 2. The Morgan fingerprint density at radius 1 is 1.10 bits per heavy atom. The van der Waals surface area contributed by atoms with Crippen LogP contribution in [0.15, 0.2) is 60.6 Å². The molecule has 2 aromatic carbocycles. The van der Waals surface area contributed by atoms with Gasteiger partial charge in [0.25, 0.3) is 0 Å². The molecule has 2 unspecified atom stereocenters. The van der Waals surface area contributed by atoms with Crippen LogP contribution in [0.3, 0.4) is 0 Å². The van der Waals surface area contributed by atoms with E-state index in [1.165, 1.54) is 39.2 Å². The number of benzene rings is 2. The van der Waals surface area contributed by atoms with Crippen molar-refractivity contribution in [3.05, 3.63) is 77.4 Å². The predicted molar refractivity (Wildman–Crippen MR) is 150 cm³/mol. The van der Waals surface area contributed by atoms with Crippen LogP contribution in [0, 0.1) is 18.8 Å². The highest BCUT2D eigenvalue weighted by molar-refractivity contribution is 5.91. The molecule has 2 aliphatic carbocycles. The maximum Gasteiger partial charge on any atom is 0.341 e. The highest BCUT2D eigenvalue weighted by Crippen LogP contribution is 2.52. The summed E-state index contributed by atoms with van der Waals surface area (Å²) in [5.41, 5.74) is 13.1. The molecule has 3 aliphatic rings. The lowest BCUT2D eigenvalue weighted by molar-refractivity contribution is 0.0599. The van der Waals surface area contributed by atoms with E-state index in [9.17, 15) is 4.79 Å². The van der Waals surface area contributed by atoms with E-state index in [1.807, 2.05) is 28.9 Å². The average molecular weight is 528 g/mol. The standard InChI is InChI=1S/C31H37N5O3/c1-20-24(13-8-14-29(20)39-19-21-9-5-4-6-10-21)22-11-7-12-23(15-22)36-30(27(17-32-36)31(37)38-3)26-16-25(26)28-18-35(2)34-33-28/h7-8,11-15,17-18,21,25-26,33-34H,4-6,9-10,16,19H2,1-3H3. The number of ether oxygens (including phenoxy) is 2. The third kappa shape index (κ3) is 5.13. The van der Waals surface area contributed by atoms with Gasteiger partial charge in [-0.1, -0.05) is 43.5 Å². The molecule has 0 radical (unpaired) electrons. The van der Waals surface area contributed by atoms with E-state index >= 15 is 0 Å². The molecule has 0 saturated heterocycles. The fraction of sp³-hybridized carbons (Fsp3) is 0.419. The number of hydrogen-bond donors (Lipinski definition) is 2. The SMILES string of the molecule is COC(=O)c1cnn(-c2cccc(-c3cccc(OCC4CCCCC4)c3C)c2)c1C1CC1C1=CN(C)NN1. The number of esters is 1. The third-order valence-corrected chi connectivity index (χ3v) is 8.35. The number of methoxy groups -OCH3 is 1. The Hall–Kier alpha value is -3.78. The Labute approximate surface area is 229 Å². The van der Waals surface area contributed by atoms with E-state index in [0.29, 0.717) is 11.5 Å². The van der Waals surface area contributed by atoms with Crippen LogP contribution in [0.4, 0.5) is 0 Å². The topological polar surface area (TPSA) is 80.6 Å². The highest BCUT2D eigenvalue weighted by atomic mass is 16.5. The normalized spacial score (nSPS) is 20.9. The lowest BCUT2D eigenvalue weighted by Gasteiger charge is -2.22. The Bertz CT molecular complexity index is 1390. The maximum atomic E-state index is 12.7. The van der Waals surface area contributed by atoms with Crippen molar-refractivity contribution < 1.29 is 14.3 Å². The van der Waals surface area contributed by atoms with Gasteiger partial charge < -0.3 is 14.9 Å². The van der Waals surface area contributed by atoms with Gasteiger partial charge in [0.1, 0.15) is 11.3 Å². The summed E-state index contributed by atoms with van der Waals surface area (Å²) < 4.78 is 13.4.